The van der Waals surface area contributed by atoms with Crippen molar-refractivity contribution in [3.63, 3.8) is 0 Å². The van der Waals surface area contributed by atoms with Crippen LogP contribution in [0.2, 0.25) is 0 Å². The molecule has 1 aromatic carbocycles. The van der Waals surface area contributed by atoms with E-state index in [1.54, 1.807) is 6.20 Å². The Hall–Kier alpha value is -2.67. The first-order valence-corrected chi connectivity index (χ1v) is 10.1. The summed E-state index contributed by atoms with van der Waals surface area (Å²) in [4.78, 5) is 32.9. The van der Waals surface area contributed by atoms with E-state index >= 15 is 0 Å². The molecular formula is C21H19BrN4O2. The maximum Gasteiger partial charge on any atom is 0.256 e. The number of halogens is 1. The molecule has 2 saturated heterocycles. The molecule has 2 aromatic heterocycles. The molecule has 0 N–H and O–H groups in total. The molecule has 28 heavy (non-hydrogen) atoms. The van der Waals surface area contributed by atoms with E-state index in [0.717, 1.165) is 40.4 Å². The van der Waals surface area contributed by atoms with Gasteiger partial charge in [-0.2, -0.15) is 0 Å². The molecule has 3 aromatic rings. The third kappa shape index (κ3) is 2.57. The SMILES string of the molecule is O=CCn1cc(C(=O)N2CC3(CCN3c3ccccn3)C2)c2cc(Br)ccc21. The van der Waals surface area contributed by atoms with Gasteiger partial charge in [-0.15, -0.1) is 0 Å². The summed E-state index contributed by atoms with van der Waals surface area (Å²) in [5, 5.41) is 0.873. The summed E-state index contributed by atoms with van der Waals surface area (Å²) in [6.45, 7) is 2.63. The summed E-state index contributed by atoms with van der Waals surface area (Å²) in [5.41, 5.74) is 1.57. The predicted octanol–water partition coefficient (Wildman–Crippen LogP) is 3.10. The monoisotopic (exact) mass is 438 g/mol. The molecule has 4 heterocycles. The molecule has 0 radical (unpaired) electrons. The van der Waals surface area contributed by atoms with Crippen molar-refractivity contribution in [2.24, 2.45) is 0 Å². The third-order valence-electron chi connectivity index (χ3n) is 5.90. The number of aromatic nitrogens is 2. The van der Waals surface area contributed by atoms with Crippen molar-refractivity contribution in [1.82, 2.24) is 14.5 Å². The first-order valence-electron chi connectivity index (χ1n) is 9.31. The van der Waals surface area contributed by atoms with Gasteiger partial charge >= 0.3 is 0 Å². The number of amides is 1. The lowest BCUT2D eigenvalue weighted by atomic mass is 9.77. The summed E-state index contributed by atoms with van der Waals surface area (Å²) in [7, 11) is 0. The van der Waals surface area contributed by atoms with Gasteiger partial charge in [0.25, 0.3) is 5.91 Å². The number of benzene rings is 1. The smallest absolute Gasteiger partial charge is 0.256 e. The molecule has 2 aliphatic rings. The fourth-order valence-electron chi connectivity index (χ4n) is 4.39. The van der Waals surface area contributed by atoms with Crippen LogP contribution in [0.1, 0.15) is 16.8 Å². The molecule has 6 nitrogen and oxygen atoms in total. The van der Waals surface area contributed by atoms with Crippen molar-refractivity contribution in [2.75, 3.05) is 24.5 Å². The highest BCUT2D eigenvalue weighted by atomic mass is 79.9. The second kappa shape index (κ2) is 6.44. The number of rotatable bonds is 4. The van der Waals surface area contributed by atoms with Gasteiger partial charge in [-0.3, -0.25) is 4.79 Å². The molecule has 0 atom stereocenters. The number of carbonyl (C=O) groups excluding carboxylic acids is 2. The van der Waals surface area contributed by atoms with E-state index in [2.05, 4.69) is 25.8 Å². The molecule has 0 saturated carbocycles. The van der Waals surface area contributed by atoms with Crippen LogP contribution >= 0.6 is 15.9 Å². The van der Waals surface area contributed by atoms with E-state index in [4.69, 9.17) is 0 Å². The molecule has 142 valence electrons. The van der Waals surface area contributed by atoms with E-state index in [9.17, 15) is 9.59 Å². The number of nitrogens with zero attached hydrogens (tertiary/aromatic N) is 4. The Morgan fingerprint density at radius 1 is 1.25 bits per heavy atom. The Kier molecular flexibility index (Phi) is 4.01. The maximum absolute atomic E-state index is 13.2. The quantitative estimate of drug-likeness (QED) is 0.587. The zero-order valence-corrected chi connectivity index (χ0v) is 16.8. The van der Waals surface area contributed by atoms with Crippen LogP contribution in [0.15, 0.2) is 53.3 Å². The van der Waals surface area contributed by atoms with E-state index in [0.29, 0.717) is 18.7 Å². The van der Waals surface area contributed by atoms with Gasteiger partial charge in [0, 0.05) is 47.4 Å². The summed E-state index contributed by atoms with van der Waals surface area (Å²) in [6.07, 6.45) is 5.54. The van der Waals surface area contributed by atoms with Gasteiger partial charge in [-0.25, -0.2) is 4.98 Å². The molecule has 5 rings (SSSR count). The minimum absolute atomic E-state index is 0.0196. The lowest BCUT2D eigenvalue weighted by Gasteiger charge is -2.62. The minimum Gasteiger partial charge on any atom is -0.347 e. The number of pyridine rings is 1. The van der Waals surface area contributed by atoms with Gasteiger partial charge in [0.1, 0.15) is 12.1 Å². The molecule has 0 aliphatic carbocycles. The Morgan fingerprint density at radius 2 is 2.11 bits per heavy atom. The normalized spacial score (nSPS) is 17.5. The van der Waals surface area contributed by atoms with Crippen LogP contribution < -0.4 is 4.90 Å². The van der Waals surface area contributed by atoms with Crippen LogP contribution in [0, 0.1) is 0 Å². The van der Waals surface area contributed by atoms with E-state index in [-0.39, 0.29) is 18.0 Å². The molecule has 1 amide bonds. The first kappa shape index (κ1) is 17.4. The summed E-state index contributed by atoms with van der Waals surface area (Å²) < 4.78 is 2.75. The number of hydrogen-bond donors (Lipinski definition) is 0. The zero-order chi connectivity index (χ0) is 19.3. The number of carbonyl (C=O) groups is 2. The number of anilines is 1. The average molecular weight is 439 g/mol. The molecule has 0 unspecified atom stereocenters. The summed E-state index contributed by atoms with van der Waals surface area (Å²) in [6, 6.07) is 11.7. The van der Waals surface area contributed by atoms with Gasteiger partial charge < -0.3 is 19.2 Å². The van der Waals surface area contributed by atoms with Gasteiger partial charge in [-0.1, -0.05) is 22.0 Å². The van der Waals surface area contributed by atoms with Crippen molar-refractivity contribution >= 4 is 44.8 Å². The van der Waals surface area contributed by atoms with E-state index in [1.165, 1.54) is 0 Å². The first-order chi connectivity index (χ1) is 13.6. The third-order valence-corrected chi connectivity index (χ3v) is 6.39. The second-order valence-electron chi connectivity index (χ2n) is 7.50. The van der Waals surface area contributed by atoms with Gasteiger partial charge in [0.15, 0.2) is 0 Å². The van der Waals surface area contributed by atoms with Crippen LogP contribution in [0.3, 0.4) is 0 Å². The maximum atomic E-state index is 13.2. The van der Waals surface area contributed by atoms with Gasteiger partial charge in [-0.05, 0) is 36.8 Å². The Bertz CT molecular complexity index is 1070. The highest BCUT2D eigenvalue weighted by molar-refractivity contribution is 9.10. The highest BCUT2D eigenvalue weighted by Crippen LogP contribution is 2.42. The lowest BCUT2D eigenvalue weighted by Crippen LogP contribution is -2.78. The Balaban J connectivity index is 1.40. The van der Waals surface area contributed by atoms with Crippen molar-refractivity contribution in [3.05, 3.63) is 58.8 Å². The Morgan fingerprint density at radius 3 is 2.79 bits per heavy atom. The standard InChI is InChI=1S/C21H19BrN4O2/c22-15-4-5-18-16(11-15)17(12-24(18)9-10-27)20(28)25-13-21(14-25)6-8-26(21)19-3-1-2-7-23-19/h1-5,7,10-12H,6,8-9,13-14H2. The average Bonchev–Trinajstić information content (AvgIpc) is 2.98. The van der Waals surface area contributed by atoms with E-state index < -0.39 is 0 Å². The number of aldehydes is 1. The summed E-state index contributed by atoms with van der Waals surface area (Å²) in [5.74, 6) is 0.999. The zero-order valence-electron chi connectivity index (χ0n) is 15.2. The van der Waals surface area contributed by atoms with Crippen molar-refractivity contribution in [1.29, 1.82) is 0 Å². The van der Waals surface area contributed by atoms with Crippen molar-refractivity contribution in [3.8, 4) is 0 Å². The largest absolute Gasteiger partial charge is 0.347 e. The lowest BCUT2D eigenvalue weighted by molar-refractivity contribution is -0.108. The topological polar surface area (TPSA) is 58.4 Å². The van der Waals surface area contributed by atoms with Crippen LogP contribution in [0.5, 0.6) is 0 Å². The minimum atomic E-state index is 0.0196. The van der Waals surface area contributed by atoms with Crippen molar-refractivity contribution in [2.45, 2.75) is 18.5 Å². The molecule has 2 fully saturated rings. The van der Waals surface area contributed by atoms with Crippen LogP contribution in [0.4, 0.5) is 5.82 Å². The van der Waals surface area contributed by atoms with E-state index in [1.807, 2.05) is 52.1 Å². The predicted molar refractivity (Wildman–Crippen MR) is 111 cm³/mol. The highest BCUT2D eigenvalue weighted by Gasteiger charge is 2.55. The molecule has 0 bridgehead atoms. The van der Waals surface area contributed by atoms with Crippen LogP contribution in [-0.2, 0) is 11.3 Å². The number of hydrogen-bond acceptors (Lipinski definition) is 4. The van der Waals surface area contributed by atoms with Crippen LogP contribution in [0.25, 0.3) is 10.9 Å². The molecule has 1 spiro atoms. The molecule has 2 aliphatic heterocycles. The number of fused-ring (bicyclic) bond motifs is 1. The van der Waals surface area contributed by atoms with Gasteiger partial charge in [0.05, 0.1) is 17.6 Å². The van der Waals surface area contributed by atoms with Gasteiger partial charge in [0.2, 0.25) is 0 Å². The fourth-order valence-corrected chi connectivity index (χ4v) is 4.75. The summed E-state index contributed by atoms with van der Waals surface area (Å²) >= 11 is 3.49. The van der Waals surface area contributed by atoms with Crippen LogP contribution in [-0.4, -0.2) is 51.8 Å². The molecular weight excluding hydrogens is 420 g/mol. The Labute approximate surface area is 170 Å². The second-order valence-corrected chi connectivity index (χ2v) is 8.41. The number of likely N-dealkylation sites (tertiary alicyclic amines) is 1. The molecule has 7 heteroatoms. The van der Waals surface area contributed by atoms with Crippen molar-refractivity contribution < 1.29 is 9.59 Å². The fraction of sp³-hybridized carbons (Fsp3) is 0.286.